The summed E-state index contributed by atoms with van der Waals surface area (Å²) < 4.78 is 5.17. The molecule has 4 nitrogen and oxygen atoms in total. The third-order valence-corrected chi connectivity index (χ3v) is 2.20. The number of halogens is 1. The highest BCUT2D eigenvalue weighted by Gasteiger charge is 2.05. The van der Waals surface area contributed by atoms with E-state index in [1.807, 2.05) is 0 Å². The number of rotatable bonds is 1. The van der Waals surface area contributed by atoms with Crippen molar-refractivity contribution in [2.24, 2.45) is 5.16 Å². The Morgan fingerprint density at radius 2 is 2.27 bits per heavy atom. The van der Waals surface area contributed by atoms with Crippen LogP contribution in [0, 0.1) is 0 Å². The van der Waals surface area contributed by atoms with Crippen LogP contribution in [0.2, 0.25) is 5.02 Å². The number of benzene rings is 1. The molecule has 1 heterocycles. The molecule has 0 aliphatic carbocycles. The van der Waals surface area contributed by atoms with E-state index in [0.717, 1.165) is 6.21 Å². The first-order valence-corrected chi connectivity index (χ1v) is 4.48. The molecular weight excluding hydrogens is 218 g/mol. The van der Waals surface area contributed by atoms with Gasteiger partial charge in [0.15, 0.2) is 0 Å². The van der Waals surface area contributed by atoms with Crippen molar-refractivity contribution in [3.63, 3.8) is 0 Å². The first-order chi connectivity index (χ1) is 7.22. The number of nitrogens with zero attached hydrogens (tertiary/aromatic N) is 1. The number of oxime groups is 1. The summed E-state index contributed by atoms with van der Waals surface area (Å²) >= 11 is 5.74. The molecule has 76 valence electrons. The standard InChI is InChI=1S/C10H6ClNO3/c11-7-1-2-8-9(3-7)15-5-6(4-12-14)10(8)13/h1-5,14H/b12-4+. The molecular formula is C10H6ClNO3. The molecule has 1 aromatic carbocycles. The topological polar surface area (TPSA) is 62.8 Å². The van der Waals surface area contributed by atoms with Gasteiger partial charge in [-0.25, -0.2) is 0 Å². The highest BCUT2D eigenvalue weighted by molar-refractivity contribution is 6.31. The van der Waals surface area contributed by atoms with Gasteiger partial charge in [0.2, 0.25) is 5.43 Å². The Morgan fingerprint density at radius 1 is 1.47 bits per heavy atom. The highest BCUT2D eigenvalue weighted by atomic mass is 35.5. The van der Waals surface area contributed by atoms with Crippen molar-refractivity contribution in [2.75, 3.05) is 0 Å². The monoisotopic (exact) mass is 223 g/mol. The van der Waals surface area contributed by atoms with Crippen LogP contribution >= 0.6 is 11.6 Å². The fraction of sp³-hybridized carbons (Fsp3) is 0. The van der Waals surface area contributed by atoms with E-state index in [-0.39, 0.29) is 11.0 Å². The first-order valence-electron chi connectivity index (χ1n) is 4.11. The lowest BCUT2D eigenvalue weighted by Crippen LogP contribution is -2.07. The van der Waals surface area contributed by atoms with E-state index in [4.69, 9.17) is 21.2 Å². The fourth-order valence-electron chi connectivity index (χ4n) is 1.27. The molecule has 15 heavy (non-hydrogen) atoms. The summed E-state index contributed by atoms with van der Waals surface area (Å²) in [6.07, 6.45) is 2.25. The smallest absolute Gasteiger partial charge is 0.201 e. The van der Waals surface area contributed by atoms with Gasteiger partial charge in [-0.05, 0) is 12.1 Å². The van der Waals surface area contributed by atoms with Crippen LogP contribution < -0.4 is 5.43 Å². The Labute approximate surface area is 89.4 Å². The Morgan fingerprint density at radius 3 is 3.00 bits per heavy atom. The average molecular weight is 224 g/mol. The molecule has 0 fully saturated rings. The second-order valence-corrected chi connectivity index (χ2v) is 3.34. The molecule has 0 saturated carbocycles. The molecule has 0 atom stereocenters. The van der Waals surface area contributed by atoms with E-state index < -0.39 is 0 Å². The van der Waals surface area contributed by atoms with E-state index in [0.29, 0.717) is 16.0 Å². The minimum atomic E-state index is -0.259. The molecule has 1 N–H and O–H groups in total. The van der Waals surface area contributed by atoms with Gasteiger partial charge >= 0.3 is 0 Å². The van der Waals surface area contributed by atoms with Crippen molar-refractivity contribution >= 4 is 28.8 Å². The maximum atomic E-state index is 11.7. The van der Waals surface area contributed by atoms with Crippen molar-refractivity contribution in [1.29, 1.82) is 0 Å². The van der Waals surface area contributed by atoms with Crippen molar-refractivity contribution in [3.8, 4) is 0 Å². The van der Waals surface area contributed by atoms with Gasteiger partial charge in [0.1, 0.15) is 11.8 Å². The molecule has 2 aromatic rings. The predicted molar refractivity (Wildman–Crippen MR) is 56.9 cm³/mol. The van der Waals surface area contributed by atoms with Gasteiger partial charge in [-0.1, -0.05) is 16.8 Å². The zero-order valence-corrected chi connectivity index (χ0v) is 8.23. The third kappa shape index (κ3) is 1.71. The summed E-state index contributed by atoms with van der Waals surface area (Å²) in [5.74, 6) is 0. The summed E-state index contributed by atoms with van der Waals surface area (Å²) in [6.45, 7) is 0. The van der Waals surface area contributed by atoms with Crippen LogP contribution in [0.1, 0.15) is 5.56 Å². The van der Waals surface area contributed by atoms with Crippen molar-refractivity contribution in [1.82, 2.24) is 0 Å². The average Bonchev–Trinajstić information content (AvgIpc) is 2.22. The van der Waals surface area contributed by atoms with Crippen LogP contribution in [0.4, 0.5) is 0 Å². The van der Waals surface area contributed by atoms with Crippen LogP contribution in [0.5, 0.6) is 0 Å². The van der Waals surface area contributed by atoms with Crippen molar-refractivity contribution in [2.45, 2.75) is 0 Å². The second-order valence-electron chi connectivity index (χ2n) is 2.91. The zero-order valence-electron chi connectivity index (χ0n) is 7.48. The largest absolute Gasteiger partial charge is 0.463 e. The summed E-state index contributed by atoms with van der Waals surface area (Å²) in [5.41, 5.74) is 0.334. The van der Waals surface area contributed by atoms with Crippen LogP contribution in [0.15, 0.2) is 38.8 Å². The van der Waals surface area contributed by atoms with Gasteiger partial charge in [-0.2, -0.15) is 0 Å². The van der Waals surface area contributed by atoms with Crippen LogP contribution in [0.25, 0.3) is 11.0 Å². The van der Waals surface area contributed by atoms with Crippen molar-refractivity contribution in [3.05, 3.63) is 45.3 Å². The molecule has 0 radical (unpaired) electrons. The molecule has 2 rings (SSSR count). The Balaban J connectivity index is 2.80. The Kier molecular flexibility index (Phi) is 2.43. The number of hydrogen-bond donors (Lipinski definition) is 1. The van der Waals surface area contributed by atoms with Crippen LogP contribution in [0.3, 0.4) is 0 Å². The van der Waals surface area contributed by atoms with Gasteiger partial charge in [0.05, 0.1) is 17.2 Å². The molecule has 0 aliphatic rings. The molecule has 0 saturated heterocycles. The number of hydrogen-bond acceptors (Lipinski definition) is 4. The first kappa shape index (κ1) is 9.73. The van der Waals surface area contributed by atoms with E-state index in [9.17, 15) is 4.79 Å². The molecule has 0 amide bonds. The molecule has 0 unspecified atom stereocenters. The van der Waals surface area contributed by atoms with Crippen LogP contribution in [-0.2, 0) is 0 Å². The summed E-state index contributed by atoms with van der Waals surface area (Å²) in [5, 5.41) is 12.0. The normalized spacial score (nSPS) is 11.3. The SMILES string of the molecule is O=c1c(/C=N/O)coc2cc(Cl)ccc12. The quantitative estimate of drug-likeness (QED) is 0.458. The van der Waals surface area contributed by atoms with Gasteiger partial charge in [0.25, 0.3) is 0 Å². The zero-order chi connectivity index (χ0) is 10.8. The molecule has 5 heteroatoms. The summed E-state index contributed by atoms with van der Waals surface area (Å²) in [4.78, 5) is 11.7. The minimum Gasteiger partial charge on any atom is -0.463 e. The Bertz CT molecular complexity index is 589. The lowest BCUT2D eigenvalue weighted by atomic mass is 10.2. The highest BCUT2D eigenvalue weighted by Crippen LogP contribution is 2.16. The minimum absolute atomic E-state index is 0.187. The summed E-state index contributed by atoms with van der Waals surface area (Å²) in [7, 11) is 0. The van der Waals surface area contributed by atoms with Gasteiger partial charge in [-0.15, -0.1) is 0 Å². The summed E-state index contributed by atoms with van der Waals surface area (Å²) in [6, 6.07) is 4.72. The van der Waals surface area contributed by atoms with E-state index in [2.05, 4.69) is 5.16 Å². The lowest BCUT2D eigenvalue weighted by Gasteiger charge is -1.97. The predicted octanol–water partition coefficient (Wildman–Crippen LogP) is 2.25. The van der Waals surface area contributed by atoms with Gasteiger partial charge in [0, 0.05) is 11.1 Å². The maximum Gasteiger partial charge on any atom is 0.201 e. The van der Waals surface area contributed by atoms with Gasteiger partial charge < -0.3 is 9.62 Å². The number of fused-ring (bicyclic) bond motifs is 1. The van der Waals surface area contributed by atoms with Crippen LogP contribution in [-0.4, -0.2) is 11.4 Å². The van der Waals surface area contributed by atoms with Gasteiger partial charge in [-0.3, -0.25) is 4.79 Å². The lowest BCUT2D eigenvalue weighted by molar-refractivity contribution is 0.321. The fourth-order valence-corrected chi connectivity index (χ4v) is 1.43. The molecule has 1 aromatic heterocycles. The van der Waals surface area contributed by atoms with Crippen molar-refractivity contribution < 1.29 is 9.62 Å². The maximum absolute atomic E-state index is 11.7. The van der Waals surface area contributed by atoms with E-state index in [1.165, 1.54) is 6.26 Å². The molecule has 0 bridgehead atoms. The van der Waals surface area contributed by atoms with E-state index >= 15 is 0 Å². The van der Waals surface area contributed by atoms with E-state index in [1.54, 1.807) is 18.2 Å². The molecule has 0 spiro atoms. The Hall–Kier alpha value is -1.81. The third-order valence-electron chi connectivity index (χ3n) is 1.96. The second kappa shape index (κ2) is 3.74. The molecule has 0 aliphatic heterocycles.